The normalized spacial score (nSPS) is 11.1. The maximum absolute atomic E-state index is 13.3. The first-order valence-electron chi connectivity index (χ1n) is 10.8. The first kappa shape index (κ1) is 21.7. The van der Waals surface area contributed by atoms with E-state index in [1.165, 1.54) is 11.8 Å². The van der Waals surface area contributed by atoms with Crippen LogP contribution in [0.4, 0.5) is 0 Å². The molecule has 168 valence electrons. The first-order chi connectivity index (χ1) is 16.7. The van der Waals surface area contributed by atoms with Crippen molar-refractivity contribution < 1.29 is 9.21 Å². The third kappa shape index (κ3) is 4.02. The van der Waals surface area contributed by atoms with Crippen molar-refractivity contribution in [1.82, 2.24) is 19.3 Å². The van der Waals surface area contributed by atoms with Crippen LogP contribution in [0.5, 0.6) is 0 Å². The van der Waals surface area contributed by atoms with Crippen LogP contribution in [0.3, 0.4) is 0 Å². The van der Waals surface area contributed by atoms with Crippen LogP contribution in [0.2, 0.25) is 0 Å². The summed E-state index contributed by atoms with van der Waals surface area (Å²) >= 11 is 1.35. The second-order valence-corrected chi connectivity index (χ2v) is 8.68. The Labute approximate surface area is 200 Å². The van der Waals surface area contributed by atoms with Gasteiger partial charge in [-0.1, -0.05) is 48.2 Å². The van der Waals surface area contributed by atoms with E-state index >= 15 is 0 Å². The lowest BCUT2D eigenvalue weighted by Gasteiger charge is -2.09. The Morgan fingerprint density at radius 3 is 2.65 bits per heavy atom. The average Bonchev–Trinajstić information content (AvgIpc) is 3.58. The molecule has 2 aromatic carbocycles. The monoisotopic (exact) mass is 467 g/mol. The number of benzene rings is 2. The van der Waals surface area contributed by atoms with Gasteiger partial charge in [-0.25, -0.2) is 0 Å². The maximum atomic E-state index is 13.3. The van der Waals surface area contributed by atoms with Crippen LogP contribution in [0.25, 0.3) is 28.0 Å². The number of nitriles is 1. The predicted molar refractivity (Wildman–Crippen MR) is 131 cm³/mol. The molecule has 0 aliphatic rings. The molecule has 34 heavy (non-hydrogen) atoms. The molecule has 0 bridgehead atoms. The van der Waals surface area contributed by atoms with Crippen LogP contribution >= 0.6 is 11.8 Å². The number of carbonyl (C=O) groups excluding carboxylic acids is 1. The van der Waals surface area contributed by atoms with Gasteiger partial charge in [-0.15, -0.1) is 10.2 Å². The zero-order chi connectivity index (χ0) is 23.5. The minimum Gasteiger partial charge on any atom is -0.469 e. The number of rotatable bonds is 8. The molecule has 5 rings (SSSR count). The topological polar surface area (TPSA) is 89.6 Å². The minimum absolute atomic E-state index is 0.000519. The number of hydrogen-bond donors (Lipinski definition) is 0. The number of nitrogens with zero attached hydrogens (tertiary/aromatic N) is 5. The zero-order valence-electron chi connectivity index (χ0n) is 18.5. The fourth-order valence-corrected chi connectivity index (χ4v) is 4.83. The summed E-state index contributed by atoms with van der Waals surface area (Å²) < 4.78 is 9.41. The van der Waals surface area contributed by atoms with Gasteiger partial charge in [0.2, 0.25) is 0 Å². The summed E-state index contributed by atoms with van der Waals surface area (Å²) in [6.45, 7) is 2.44. The van der Waals surface area contributed by atoms with Gasteiger partial charge in [-0.2, -0.15) is 5.26 Å². The molecule has 3 aromatic heterocycles. The number of aryl methyl sites for hydroxylation is 2. The average molecular weight is 468 g/mol. The Kier molecular flexibility index (Phi) is 6.02. The number of hydrogen-bond acceptors (Lipinski definition) is 6. The third-order valence-electron chi connectivity index (χ3n) is 5.63. The van der Waals surface area contributed by atoms with E-state index in [0.717, 1.165) is 27.9 Å². The van der Waals surface area contributed by atoms with Gasteiger partial charge in [0.25, 0.3) is 0 Å². The standard InChI is InChI=1S/C26H21N5O2S/c1-18-20(12-15-33-18)25-28-29-26(31(25)19-8-3-2-4-9-19)34-17-24(32)22-16-30(14-7-13-27)23-11-6-5-10-21(22)23/h2-6,8-12,15-16H,7,14,17H2,1H3. The molecule has 0 saturated heterocycles. The van der Waals surface area contributed by atoms with Crippen molar-refractivity contribution in [2.45, 2.75) is 25.0 Å². The molecule has 3 heterocycles. The smallest absolute Gasteiger partial charge is 0.196 e. The molecule has 0 unspecified atom stereocenters. The maximum Gasteiger partial charge on any atom is 0.196 e. The van der Waals surface area contributed by atoms with Gasteiger partial charge < -0.3 is 8.98 Å². The summed E-state index contributed by atoms with van der Waals surface area (Å²) in [6, 6.07) is 21.7. The number of carbonyl (C=O) groups is 1. The summed E-state index contributed by atoms with van der Waals surface area (Å²) in [4.78, 5) is 13.3. The van der Waals surface area contributed by atoms with Gasteiger partial charge in [-0.3, -0.25) is 9.36 Å². The quantitative estimate of drug-likeness (QED) is 0.215. The predicted octanol–water partition coefficient (Wildman–Crippen LogP) is 5.68. The van der Waals surface area contributed by atoms with Gasteiger partial charge in [0, 0.05) is 34.9 Å². The van der Waals surface area contributed by atoms with Crippen molar-refractivity contribution in [1.29, 1.82) is 5.26 Å². The van der Waals surface area contributed by atoms with E-state index in [2.05, 4.69) is 16.3 Å². The summed E-state index contributed by atoms with van der Waals surface area (Å²) in [5.41, 5.74) is 3.37. The summed E-state index contributed by atoms with van der Waals surface area (Å²) in [5, 5.41) is 19.3. The van der Waals surface area contributed by atoms with Crippen LogP contribution in [0.1, 0.15) is 22.5 Å². The highest BCUT2D eigenvalue weighted by molar-refractivity contribution is 7.99. The molecule has 8 heteroatoms. The Hall–Kier alpha value is -4.09. The fourth-order valence-electron chi connectivity index (χ4n) is 4.00. The minimum atomic E-state index is 0.000519. The van der Waals surface area contributed by atoms with E-state index in [1.807, 2.05) is 82.9 Å². The SMILES string of the molecule is Cc1occc1-c1nnc(SCC(=O)c2cn(CCC#N)c3ccccc23)n1-c1ccccc1. The highest BCUT2D eigenvalue weighted by Gasteiger charge is 2.21. The molecular weight excluding hydrogens is 446 g/mol. The van der Waals surface area contributed by atoms with Crippen molar-refractivity contribution in [3.05, 3.63) is 84.4 Å². The second kappa shape index (κ2) is 9.41. The number of furan rings is 1. The number of para-hydroxylation sites is 2. The molecule has 0 saturated carbocycles. The zero-order valence-corrected chi connectivity index (χ0v) is 19.3. The summed E-state index contributed by atoms with van der Waals surface area (Å²) in [5.74, 6) is 1.63. The molecule has 0 aliphatic carbocycles. The van der Waals surface area contributed by atoms with Gasteiger partial charge in [0.1, 0.15) is 5.76 Å². The largest absolute Gasteiger partial charge is 0.469 e. The number of Topliss-reactive ketones (excluding diaryl/α,β-unsaturated/α-hetero) is 1. The van der Waals surface area contributed by atoms with E-state index < -0.39 is 0 Å². The van der Waals surface area contributed by atoms with Crippen molar-refractivity contribution in [3.8, 4) is 23.1 Å². The van der Waals surface area contributed by atoms with E-state index in [1.54, 1.807) is 6.26 Å². The molecule has 7 nitrogen and oxygen atoms in total. The first-order valence-corrected chi connectivity index (χ1v) is 11.8. The highest BCUT2D eigenvalue weighted by Crippen LogP contribution is 2.31. The van der Waals surface area contributed by atoms with Crippen molar-refractivity contribution in [3.63, 3.8) is 0 Å². The molecule has 0 aliphatic heterocycles. The van der Waals surface area contributed by atoms with Crippen LogP contribution in [0.15, 0.2) is 82.7 Å². The molecule has 5 aromatic rings. The van der Waals surface area contributed by atoms with Crippen molar-refractivity contribution >= 4 is 28.4 Å². The number of fused-ring (bicyclic) bond motifs is 1. The Morgan fingerprint density at radius 2 is 1.88 bits per heavy atom. The van der Waals surface area contributed by atoms with Crippen LogP contribution in [-0.4, -0.2) is 30.9 Å². The number of aromatic nitrogens is 4. The van der Waals surface area contributed by atoms with Gasteiger partial charge in [-0.05, 0) is 31.2 Å². The Morgan fingerprint density at radius 1 is 1.09 bits per heavy atom. The molecule has 0 fully saturated rings. The molecule has 0 amide bonds. The fraction of sp³-hybridized carbons (Fsp3) is 0.154. The van der Waals surface area contributed by atoms with Crippen LogP contribution < -0.4 is 0 Å². The lowest BCUT2D eigenvalue weighted by molar-refractivity contribution is 0.102. The van der Waals surface area contributed by atoms with E-state index in [4.69, 9.17) is 9.68 Å². The van der Waals surface area contributed by atoms with Gasteiger partial charge in [0.05, 0.1) is 30.1 Å². The Balaban J connectivity index is 1.46. The number of ketones is 1. The van der Waals surface area contributed by atoms with E-state index in [0.29, 0.717) is 29.5 Å². The summed E-state index contributed by atoms with van der Waals surface area (Å²) in [6.07, 6.45) is 3.87. The Bertz CT molecular complexity index is 1510. The molecule has 0 radical (unpaired) electrons. The van der Waals surface area contributed by atoms with E-state index in [9.17, 15) is 4.79 Å². The second-order valence-electron chi connectivity index (χ2n) is 7.74. The van der Waals surface area contributed by atoms with Gasteiger partial charge in [0.15, 0.2) is 16.8 Å². The summed E-state index contributed by atoms with van der Waals surface area (Å²) in [7, 11) is 0. The van der Waals surface area contributed by atoms with Crippen LogP contribution in [-0.2, 0) is 6.54 Å². The van der Waals surface area contributed by atoms with Gasteiger partial charge >= 0.3 is 0 Å². The molecule has 0 atom stereocenters. The van der Waals surface area contributed by atoms with Crippen molar-refractivity contribution in [2.75, 3.05) is 5.75 Å². The lowest BCUT2D eigenvalue weighted by atomic mass is 10.1. The highest BCUT2D eigenvalue weighted by atomic mass is 32.2. The molecular formula is C26H21N5O2S. The van der Waals surface area contributed by atoms with Crippen molar-refractivity contribution in [2.24, 2.45) is 0 Å². The van der Waals surface area contributed by atoms with E-state index in [-0.39, 0.29) is 11.5 Å². The number of thioether (sulfide) groups is 1. The molecule has 0 spiro atoms. The lowest BCUT2D eigenvalue weighted by Crippen LogP contribution is -2.05. The molecule has 0 N–H and O–H groups in total. The third-order valence-corrected chi connectivity index (χ3v) is 6.56. The van der Waals surface area contributed by atoms with Crippen LogP contribution in [0, 0.1) is 18.3 Å².